The highest BCUT2D eigenvalue weighted by atomic mass is 35.5. The molecule has 4 rings (SSSR count). The van der Waals surface area contributed by atoms with Gasteiger partial charge in [0.15, 0.2) is 0 Å². The van der Waals surface area contributed by atoms with Crippen LogP contribution in [0, 0.1) is 11.6 Å². The quantitative estimate of drug-likeness (QED) is 0.400. The van der Waals surface area contributed by atoms with E-state index in [2.05, 4.69) is 15.3 Å². The summed E-state index contributed by atoms with van der Waals surface area (Å²) in [6.07, 6.45) is 3.99. The summed E-state index contributed by atoms with van der Waals surface area (Å²) >= 11 is 6.02. The number of benzene rings is 3. The van der Waals surface area contributed by atoms with E-state index in [1.165, 1.54) is 73.2 Å². The second-order valence-corrected chi connectivity index (χ2v) is 7.60. The summed E-state index contributed by atoms with van der Waals surface area (Å²) in [5, 5.41) is 3.05. The molecule has 170 valence electrons. The van der Waals surface area contributed by atoms with Gasteiger partial charge < -0.3 is 5.32 Å². The minimum absolute atomic E-state index is 0.0469. The first kappa shape index (κ1) is 23.0. The maximum atomic E-state index is 15.0. The molecule has 1 aromatic heterocycles. The molecular weight excluding hydrogens is 462 g/mol. The molecule has 0 saturated carbocycles. The van der Waals surface area contributed by atoms with Crippen molar-refractivity contribution < 1.29 is 18.4 Å². The van der Waals surface area contributed by atoms with E-state index in [1.54, 1.807) is 18.2 Å². The molecule has 1 atom stereocenters. The summed E-state index contributed by atoms with van der Waals surface area (Å²) in [7, 11) is 0. The molecule has 0 aliphatic heterocycles. The van der Waals surface area contributed by atoms with E-state index >= 15 is 0 Å². The fraction of sp³-hybridized carbons (Fsp3) is 0.0400. The normalized spacial score (nSPS) is 11.5. The van der Waals surface area contributed by atoms with Gasteiger partial charge >= 0.3 is 0 Å². The van der Waals surface area contributed by atoms with Crippen molar-refractivity contribution in [3.05, 3.63) is 119 Å². The maximum Gasteiger partial charge on any atom is 0.279 e. The molecular formula is C25H17ClF2N4O2. The molecule has 1 N–H and O–H groups in total. The number of halogens is 3. The van der Waals surface area contributed by atoms with Crippen molar-refractivity contribution in [1.29, 1.82) is 0 Å². The molecule has 0 bridgehead atoms. The number of carbonyl (C=O) groups is 2. The standard InChI is InChI=1S/C25H17ClF2N4O2/c26-16-5-11-19(12-6-16)32(25(34)22-15-29-13-14-30-22)23(20-3-1-2-4-21(20)28)24(33)31-18-9-7-17(27)8-10-18/h1-15,23H,(H,31,33)/t23-/m1/s1. The van der Waals surface area contributed by atoms with Crippen LogP contribution in [0.5, 0.6) is 0 Å². The van der Waals surface area contributed by atoms with Crippen LogP contribution in [0.1, 0.15) is 22.1 Å². The van der Waals surface area contributed by atoms with Gasteiger partial charge in [-0.05, 0) is 54.6 Å². The summed E-state index contributed by atoms with van der Waals surface area (Å²) < 4.78 is 28.3. The average molecular weight is 479 g/mol. The second kappa shape index (κ2) is 10.2. The topological polar surface area (TPSA) is 75.2 Å². The lowest BCUT2D eigenvalue weighted by Gasteiger charge is -2.31. The van der Waals surface area contributed by atoms with Gasteiger partial charge in [0, 0.05) is 34.4 Å². The Kier molecular flexibility index (Phi) is 6.89. The monoisotopic (exact) mass is 478 g/mol. The molecule has 0 saturated heterocycles. The summed E-state index contributed by atoms with van der Waals surface area (Å²) in [6, 6.07) is 15.4. The first-order valence-electron chi connectivity index (χ1n) is 10.1. The van der Waals surface area contributed by atoms with E-state index in [0.717, 1.165) is 4.90 Å². The Morgan fingerprint density at radius 2 is 1.62 bits per heavy atom. The molecule has 0 aliphatic rings. The maximum absolute atomic E-state index is 15.0. The van der Waals surface area contributed by atoms with Crippen molar-refractivity contribution >= 4 is 34.8 Å². The molecule has 9 heteroatoms. The van der Waals surface area contributed by atoms with Crippen LogP contribution >= 0.6 is 11.6 Å². The highest BCUT2D eigenvalue weighted by Crippen LogP contribution is 2.32. The van der Waals surface area contributed by atoms with Crippen molar-refractivity contribution in [2.75, 3.05) is 10.2 Å². The molecule has 34 heavy (non-hydrogen) atoms. The van der Waals surface area contributed by atoms with Crippen molar-refractivity contribution in [3.63, 3.8) is 0 Å². The third-order valence-electron chi connectivity index (χ3n) is 4.92. The van der Waals surface area contributed by atoms with Gasteiger partial charge in [-0.2, -0.15) is 0 Å². The van der Waals surface area contributed by atoms with Gasteiger partial charge in [-0.25, -0.2) is 13.8 Å². The predicted octanol–water partition coefficient (Wildman–Crippen LogP) is 5.44. The number of aromatic nitrogens is 2. The molecule has 0 aliphatic carbocycles. The van der Waals surface area contributed by atoms with Gasteiger partial charge in [0.2, 0.25) is 0 Å². The largest absolute Gasteiger partial charge is 0.324 e. The number of anilines is 2. The van der Waals surface area contributed by atoms with E-state index in [9.17, 15) is 18.4 Å². The Hall–Kier alpha value is -4.17. The van der Waals surface area contributed by atoms with Crippen LogP contribution in [-0.2, 0) is 4.79 Å². The lowest BCUT2D eigenvalue weighted by atomic mass is 10.0. The molecule has 2 amide bonds. The number of hydrogen-bond donors (Lipinski definition) is 1. The van der Waals surface area contributed by atoms with E-state index < -0.39 is 29.5 Å². The molecule has 1 heterocycles. The summed E-state index contributed by atoms with van der Waals surface area (Å²) in [4.78, 5) is 36.2. The van der Waals surface area contributed by atoms with Gasteiger partial charge in [0.25, 0.3) is 11.8 Å². The van der Waals surface area contributed by atoms with Gasteiger partial charge in [-0.15, -0.1) is 0 Å². The highest BCUT2D eigenvalue weighted by Gasteiger charge is 2.35. The number of nitrogens with one attached hydrogen (secondary N) is 1. The van der Waals surface area contributed by atoms with E-state index in [0.29, 0.717) is 5.02 Å². The summed E-state index contributed by atoms with van der Waals surface area (Å²) in [5.74, 6) is -2.57. The molecule has 0 unspecified atom stereocenters. The SMILES string of the molecule is O=C(Nc1ccc(F)cc1)[C@@H](c1ccccc1F)N(C(=O)c1cnccn1)c1ccc(Cl)cc1. The minimum Gasteiger partial charge on any atom is -0.324 e. The van der Waals surface area contributed by atoms with Crippen LogP contribution < -0.4 is 10.2 Å². The molecule has 4 aromatic rings. The fourth-order valence-corrected chi connectivity index (χ4v) is 3.48. The van der Waals surface area contributed by atoms with Crippen LogP contribution in [-0.4, -0.2) is 21.8 Å². The summed E-state index contributed by atoms with van der Waals surface area (Å²) in [5.41, 5.74) is 0.459. The zero-order chi connectivity index (χ0) is 24.1. The van der Waals surface area contributed by atoms with E-state index in [1.807, 2.05) is 0 Å². The van der Waals surface area contributed by atoms with Gasteiger partial charge in [0.1, 0.15) is 23.4 Å². The zero-order valence-electron chi connectivity index (χ0n) is 17.5. The number of carbonyl (C=O) groups excluding carboxylic acids is 2. The van der Waals surface area contributed by atoms with Gasteiger partial charge in [-0.1, -0.05) is 29.8 Å². The zero-order valence-corrected chi connectivity index (χ0v) is 18.3. The van der Waals surface area contributed by atoms with Crippen LogP contribution in [0.2, 0.25) is 5.02 Å². The third kappa shape index (κ3) is 5.07. The number of nitrogens with zero attached hydrogens (tertiary/aromatic N) is 3. The number of rotatable bonds is 6. The van der Waals surface area contributed by atoms with Crippen molar-refractivity contribution in [2.45, 2.75) is 6.04 Å². The molecule has 6 nitrogen and oxygen atoms in total. The lowest BCUT2D eigenvalue weighted by molar-refractivity contribution is -0.117. The Balaban J connectivity index is 1.85. The van der Waals surface area contributed by atoms with Crippen LogP contribution in [0.3, 0.4) is 0 Å². The molecule has 0 fully saturated rings. The van der Waals surface area contributed by atoms with E-state index in [-0.39, 0.29) is 22.6 Å². The Morgan fingerprint density at radius 3 is 2.26 bits per heavy atom. The Labute approximate surface area is 198 Å². The molecule has 0 radical (unpaired) electrons. The highest BCUT2D eigenvalue weighted by molar-refractivity contribution is 6.30. The van der Waals surface area contributed by atoms with Crippen molar-refractivity contribution in [3.8, 4) is 0 Å². The predicted molar refractivity (Wildman–Crippen MR) is 124 cm³/mol. The first-order chi connectivity index (χ1) is 16.4. The van der Waals surface area contributed by atoms with Gasteiger partial charge in [0.05, 0.1) is 6.20 Å². The first-order valence-corrected chi connectivity index (χ1v) is 10.5. The van der Waals surface area contributed by atoms with Crippen LogP contribution in [0.4, 0.5) is 20.2 Å². The van der Waals surface area contributed by atoms with E-state index in [4.69, 9.17) is 11.6 Å². The van der Waals surface area contributed by atoms with Crippen LogP contribution in [0.15, 0.2) is 91.4 Å². The van der Waals surface area contributed by atoms with Crippen molar-refractivity contribution in [1.82, 2.24) is 9.97 Å². The number of amides is 2. The Bertz CT molecular complexity index is 1300. The average Bonchev–Trinajstić information content (AvgIpc) is 2.85. The molecule has 3 aromatic carbocycles. The smallest absolute Gasteiger partial charge is 0.279 e. The fourth-order valence-electron chi connectivity index (χ4n) is 3.36. The number of hydrogen-bond acceptors (Lipinski definition) is 4. The Morgan fingerprint density at radius 1 is 0.912 bits per heavy atom. The summed E-state index contributed by atoms with van der Waals surface area (Å²) in [6.45, 7) is 0. The molecule has 0 spiro atoms. The van der Waals surface area contributed by atoms with Crippen LogP contribution in [0.25, 0.3) is 0 Å². The second-order valence-electron chi connectivity index (χ2n) is 7.16. The third-order valence-corrected chi connectivity index (χ3v) is 5.18. The minimum atomic E-state index is -1.44. The lowest BCUT2D eigenvalue weighted by Crippen LogP contribution is -2.42. The van der Waals surface area contributed by atoms with Gasteiger partial charge in [-0.3, -0.25) is 19.5 Å². The van der Waals surface area contributed by atoms with Crippen molar-refractivity contribution in [2.24, 2.45) is 0 Å².